The monoisotopic (exact) mass is 246 g/mol. The van der Waals surface area contributed by atoms with Crippen molar-refractivity contribution < 1.29 is 9.59 Å². The average molecular weight is 246 g/mol. The van der Waals surface area contributed by atoms with Crippen LogP contribution in [-0.2, 0) is 11.2 Å². The second-order valence-corrected chi connectivity index (χ2v) is 3.75. The number of urea groups is 1. The highest BCUT2D eigenvalue weighted by Crippen LogP contribution is 2.11. The molecule has 0 fully saturated rings. The number of amides is 3. The lowest BCUT2D eigenvalue weighted by Crippen LogP contribution is -2.43. The van der Waals surface area contributed by atoms with E-state index >= 15 is 0 Å². The minimum atomic E-state index is -0.877. The molecule has 0 radical (unpaired) electrons. The van der Waals surface area contributed by atoms with Gasteiger partial charge in [-0.05, 0) is 24.6 Å². The first-order valence-electron chi connectivity index (χ1n) is 5.35. The number of carbonyl (C=O) groups is 2. The summed E-state index contributed by atoms with van der Waals surface area (Å²) < 4.78 is 0. The van der Waals surface area contributed by atoms with Gasteiger partial charge in [0.15, 0.2) is 0 Å². The Balaban J connectivity index is 2.59. The van der Waals surface area contributed by atoms with Crippen molar-refractivity contribution in [2.45, 2.75) is 19.4 Å². The molecule has 1 atom stereocenters. The van der Waals surface area contributed by atoms with Crippen LogP contribution in [0, 0.1) is 11.3 Å². The minimum absolute atomic E-state index is 0.345. The largest absolute Gasteiger partial charge is 0.374 e. The summed E-state index contributed by atoms with van der Waals surface area (Å²) in [5.74, 6) is -0.497. The van der Waals surface area contributed by atoms with Gasteiger partial charge in [-0.1, -0.05) is 12.1 Å². The van der Waals surface area contributed by atoms with Gasteiger partial charge in [0.2, 0.25) is 5.91 Å². The molecule has 3 amide bonds. The fourth-order valence-electron chi connectivity index (χ4n) is 1.36. The van der Waals surface area contributed by atoms with Crippen molar-refractivity contribution in [3.8, 4) is 6.07 Å². The molecule has 0 saturated carbocycles. The van der Waals surface area contributed by atoms with Crippen LogP contribution >= 0.6 is 0 Å². The van der Waals surface area contributed by atoms with E-state index in [2.05, 4.69) is 5.32 Å². The molecule has 18 heavy (non-hydrogen) atoms. The average Bonchev–Trinajstić information content (AvgIpc) is 2.31. The van der Waals surface area contributed by atoms with Crippen LogP contribution in [0.4, 0.5) is 10.5 Å². The van der Waals surface area contributed by atoms with Crippen molar-refractivity contribution in [3.05, 3.63) is 29.8 Å². The SMILES string of the molecule is CC(Nc1ccc(CC#N)cc1)C(=O)NC(N)=O. The molecule has 0 heterocycles. The summed E-state index contributed by atoms with van der Waals surface area (Å²) in [6.45, 7) is 1.61. The molecule has 6 heteroatoms. The van der Waals surface area contributed by atoms with E-state index in [0.717, 1.165) is 11.3 Å². The molecule has 0 aliphatic heterocycles. The van der Waals surface area contributed by atoms with Crippen LogP contribution in [0.5, 0.6) is 0 Å². The summed E-state index contributed by atoms with van der Waals surface area (Å²) in [7, 11) is 0. The van der Waals surface area contributed by atoms with Gasteiger partial charge in [0.25, 0.3) is 0 Å². The Morgan fingerprint density at radius 3 is 2.50 bits per heavy atom. The molecular weight excluding hydrogens is 232 g/mol. The summed E-state index contributed by atoms with van der Waals surface area (Å²) >= 11 is 0. The van der Waals surface area contributed by atoms with Crippen molar-refractivity contribution in [3.63, 3.8) is 0 Å². The maximum Gasteiger partial charge on any atom is 0.318 e. The molecule has 0 aliphatic carbocycles. The first-order valence-corrected chi connectivity index (χ1v) is 5.35. The van der Waals surface area contributed by atoms with Gasteiger partial charge >= 0.3 is 6.03 Å². The normalized spacial score (nSPS) is 11.1. The van der Waals surface area contributed by atoms with Gasteiger partial charge in [-0.2, -0.15) is 5.26 Å². The highest BCUT2D eigenvalue weighted by atomic mass is 16.2. The van der Waals surface area contributed by atoms with E-state index in [1.54, 1.807) is 31.2 Å². The zero-order valence-corrected chi connectivity index (χ0v) is 9.93. The third kappa shape index (κ3) is 4.14. The van der Waals surface area contributed by atoms with Crippen LogP contribution < -0.4 is 16.4 Å². The first kappa shape index (κ1) is 13.5. The highest BCUT2D eigenvalue weighted by Gasteiger charge is 2.13. The van der Waals surface area contributed by atoms with Crippen LogP contribution in [0.2, 0.25) is 0 Å². The molecule has 1 aromatic carbocycles. The second kappa shape index (κ2) is 6.25. The number of benzene rings is 1. The van der Waals surface area contributed by atoms with Gasteiger partial charge in [0.05, 0.1) is 12.5 Å². The second-order valence-electron chi connectivity index (χ2n) is 3.75. The number of primary amides is 1. The van der Waals surface area contributed by atoms with E-state index < -0.39 is 18.0 Å². The molecule has 94 valence electrons. The number of nitrogens with two attached hydrogens (primary N) is 1. The third-order valence-electron chi connectivity index (χ3n) is 2.26. The summed E-state index contributed by atoms with van der Waals surface area (Å²) in [5, 5.41) is 13.4. The van der Waals surface area contributed by atoms with Crippen LogP contribution in [-0.4, -0.2) is 18.0 Å². The third-order valence-corrected chi connectivity index (χ3v) is 2.26. The summed E-state index contributed by atoms with van der Waals surface area (Å²) in [6.07, 6.45) is 0.345. The van der Waals surface area contributed by atoms with E-state index in [-0.39, 0.29) is 0 Å². The van der Waals surface area contributed by atoms with Crippen molar-refractivity contribution in [2.75, 3.05) is 5.32 Å². The van der Waals surface area contributed by atoms with Gasteiger partial charge < -0.3 is 11.1 Å². The quantitative estimate of drug-likeness (QED) is 0.728. The zero-order chi connectivity index (χ0) is 13.5. The number of nitriles is 1. The molecule has 1 unspecified atom stereocenters. The number of imide groups is 1. The first-order chi connectivity index (χ1) is 8.52. The Morgan fingerprint density at radius 1 is 1.39 bits per heavy atom. The standard InChI is InChI=1S/C12H14N4O2/c1-8(11(17)16-12(14)18)15-10-4-2-9(3-5-10)6-7-13/h2-5,8,15H,6H2,1H3,(H3,14,16,17,18). The summed E-state index contributed by atoms with van der Waals surface area (Å²) in [6, 6.07) is 7.71. The molecule has 0 aliphatic rings. The van der Waals surface area contributed by atoms with Gasteiger partial charge in [0.1, 0.15) is 6.04 Å². The predicted molar refractivity (Wildman–Crippen MR) is 66.6 cm³/mol. The van der Waals surface area contributed by atoms with Crippen molar-refractivity contribution in [1.29, 1.82) is 5.26 Å². The van der Waals surface area contributed by atoms with Crippen molar-refractivity contribution in [1.82, 2.24) is 5.32 Å². The van der Waals surface area contributed by atoms with Crippen molar-refractivity contribution in [2.24, 2.45) is 5.73 Å². The molecule has 0 bridgehead atoms. The fraction of sp³-hybridized carbons (Fsp3) is 0.250. The number of hydrogen-bond donors (Lipinski definition) is 3. The number of hydrogen-bond acceptors (Lipinski definition) is 4. The maximum atomic E-state index is 11.4. The van der Waals surface area contributed by atoms with Crippen LogP contribution in [0.25, 0.3) is 0 Å². The summed E-state index contributed by atoms with van der Waals surface area (Å²) in [5.41, 5.74) is 6.47. The molecule has 1 aromatic rings. The van der Waals surface area contributed by atoms with Gasteiger partial charge in [0, 0.05) is 5.69 Å². The molecule has 1 rings (SSSR count). The van der Waals surface area contributed by atoms with E-state index in [0.29, 0.717) is 6.42 Å². The van der Waals surface area contributed by atoms with E-state index in [9.17, 15) is 9.59 Å². The Bertz CT molecular complexity index is 476. The zero-order valence-electron chi connectivity index (χ0n) is 9.93. The van der Waals surface area contributed by atoms with E-state index in [4.69, 9.17) is 11.0 Å². The van der Waals surface area contributed by atoms with E-state index in [1.165, 1.54) is 0 Å². The Hall–Kier alpha value is -2.55. The molecule has 6 nitrogen and oxygen atoms in total. The number of rotatable bonds is 4. The van der Waals surface area contributed by atoms with Gasteiger partial charge in [-0.3, -0.25) is 10.1 Å². The number of nitrogens with zero attached hydrogens (tertiary/aromatic N) is 1. The number of nitrogens with one attached hydrogen (secondary N) is 2. The maximum absolute atomic E-state index is 11.4. The lowest BCUT2D eigenvalue weighted by molar-refractivity contribution is -0.120. The Labute approximate surface area is 105 Å². The summed E-state index contributed by atoms with van der Waals surface area (Å²) in [4.78, 5) is 21.9. The molecule has 4 N–H and O–H groups in total. The lowest BCUT2D eigenvalue weighted by Gasteiger charge is -2.14. The van der Waals surface area contributed by atoms with Gasteiger partial charge in [-0.15, -0.1) is 0 Å². The predicted octanol–water partition coefficient (Wildman–Crippen LogP) is 0.748. The van der Waals surface area contributed by atoms with Crippen molar-refractivity contribution >= 4 is 17.6 Å². The fourth-order valence-corrected chi connectivity index (χ4v) is 1.36. The molecule has 0 spiro atoms. The van der Waals surface area contributed by atoms with Crippen LogP contribution in [0.3, 0.4) is 0 Å². The Morgan fingerprint density at radius 2 is 2.00 bits per heavy atom. The van der Waals surface area contributed by atoms with Gasteiger partial charge in [-0.25, -0.2) is 4.79 Å². The number of carbonyl (C=O) groups excluding carboxylic acids is 2. The smallest absolute Gasteiger partial charge is 0.318 e. The highest BCUT2D eigenvalue weighted by molar-refractivity contribution is 5.97. The van der Waals surface area contributed by atoms with E-state index in [1.807, 2.05) is 11.4 Å². The van der Waals surface area contributed by atoms with Crippen LogP contribution in [0.1, 0.15) is 12.5 Å². The molecule has 0 aromatic heterocycles. The molecule has 0 saturated heterocycles. The topological polar surface area (TPSA) is 108 Å². The number of anilines is 1. The van der Waals surface area contributed by atoms with Crippen LogP contribution in [0.15, 0.2) is 24.3 Å². The minimum Gasteiger partial charge on any atom is -0.374 e. The molecular formula is C12H14N4O2. The lowest BCUT2D eigenvalue weighted by atomic mass is 10.1. The Kier molecular flexibility index (Phi) is 4.69.